The fourth-order valence-electron chi connectivity index (χ4n) is 6.09. The molecule has 0 N–H and O–H groups in total. The highest BCUT2D eigenvalue weighted by Crippen LogP contribution is 2.38. The van der Waals surface area contributed by atoms with Crippen molar-refractivity contribution in [2.24, 2.45) is 7.05 Å². The van der Waals surface area contributed by atoms with Crippen LogP contribution in [0.5, 0.6) is 11.5 Å². The van der Waals surface area contributed by atoms with Crippen LogP contribution in [0.2, 0.25) is 0 Å². The van der Waals surface area contributed by atoms with Gasteiger partial charge in [0.15, 0.2) is 5.69 Å². The van der Waals surface area contributed by atoms with Gasteiger partial charge in [0.25, 0.3) is 5.65 Å². The molecule has 3 aromatic carbocycles. The first-order valence-electron chi connectivity index (χ1n) is 15.3. The molecule has 44 heavy (non-hydrogen) atoms. The van der Waals surface area contributed by atoms with E-state index in [0.717, 1.165) is 45.3 Å². The Kier molecular flexibility index (Phi) is 6.40. The van der Waals surface area contributed by atoms with Crippen LogP contribution in [0.25, 0.3) is 44.5 Å². The fourth-order valence-corrected chi connectivity index (χ4v) is 6.09. The van der Waals surface area contributed by atoms with E-state index in [4.69, 9.17) is 9.72 Å². The third-order valence-corrected chi connectivity index (χ3v) is 8.57. The van der Waals surface area contributed by atoms with Crippen molar-refractivity contribution in [3.05, 3.63) is 121 Å². The molecule has 4 heterocycles. The molecule has 0 saturated carbocycles. The smallest absolute Gasteiger partial charge is 0.286 e. The van der Waals surface area contributed by atoms with E-state index in [2.05, 4.69) is 166 Å². The van der Waals surface area contributed by atoms with Gasteiger partial charge in [-0.25, -0.2) is 9.55 Å². The Labute approximate surface area is 259 Å². The lowest BCUT2D eigenvalue weighted by Crippen LogP contribution is -2.25. The monoisotopic (exact) mass is 579 g/mol. The lowest BCUT2D eigenvalue weighted by Gasteiger charge is -2.21. The van der Waals surface area contributed by atoms with E-state index in [1.165, 1.54) is 21.9 Å². The van der Waals surface area contributed by atoms with Gasteiger partial charge in [-0.05, 0) is 76.6 Å². The third-order valence-electron chi connectivity index (χ3n) is 8.57. The molecule has 5 heteroatoms. The lowest BCUT2D eigenvalue weighted by molar-refractivity contribution is -0.644. The minimum Gasteiger partial charge on any atom is -0.457 e. The van der Waals surface area contributed by atoms with Crippen molar-refractivity contribution >= 4 is 27.5 Å². The van der Waals surface area contributed by atoms with E-state index in [0.29, 0.717) is 0 Å². The van der Waals surface area contributed by atoms with Crippen molar-refractivity contribution in [2.75, 3.05) is 0 Å². The van der Waals surface area contributed by atoms with Gasteiger partial charge in [-0.15, -0.1) is 0 Å². The van der Waals surface area contributed by atoms with Crippen molar-refractivity contribution in [1.29, 1.82) is 0 Å². The molecule has 7 rings (SSSR count). The Morgan fingerprint density at radius 3 is 2.23 bits per heavy atom. The number of aromatic nitrogens is 4. The Bertz CT molecular complexity index is 2190. The van der Waals surface area contributed by atoms with Gasteiger partial charge >= 0.3 is 0 Å². The van der Waals surface area contributed by atoms with Crippen LogP contribution in [0.15, 0.2) is 110 Å². The number of benzene rings is 3. The summed E-state index contributed by atoms with van der Waals surface area (Å²) in [5, 5.41) is 2.37. The number of pyridine rings is 2. The second-order valence-corrected chi connectivity index (χ2v) is 13.8. The normalized spacial score (nSPS) is 12.4. The first kappa shape index (κ1) is 27.9. The topological polar surface area (TPSA) is 35.3 Å². The zero-order chi connectivity index (χ0) is 30.8. The molecule has 4 aromatic heterocycles. The number of hydrogen-bond donors (Lipinski definition) is 0. The number of ether oxygens (including phenoxy) is 1. The Hall–Kier alpha value is -4.90. The summed E-state index contributed by atoms with van der Waals surface area (Å²) >= 11 is 0. The maximum Gasteiger partial charge on any atom is 0.286 e. The average Bonchev–Trinajstić information content (AvgIpc) is 3.51. The molecule has 7 aromatic rings. The summed E-state index contributed by atoms with van der Waals surface area (Å²) in [6, 6.07) is 32.2. The van der Waals surface area contributed by atoms with Crippen molar-refractivity contribution in [2.45, 2.75) is 52.4 Å². The van der Waals surface area contributed by atoms with Crippen LogP contribution in [0.1, 0.15) is 52.7 Å². The number of para-hydroxylation sites is 1. The van der Waals surface area contributed by atoms with Crippen LogP contribution in [0.4, 0.5) is 0 Å². The molecule has 0 radical (unpaired) electrons. The highest BCUT2D eigenvalue weighted by molar-refractivity contribution is 6.09. The van der Waals surface area contributed by atoms with Crippen LogP contribution >= 0.6 is 0 Å². The summed E-state index contributed by atoms with van der Waals surface area (Å²) in [4.78, 5) is 4.84. The molecule has 0 bridgehead atoms. The van der Waals surface area contributed by atoms with Crippen molar-refractivity contribution in [1.82, 2.24) is 14.0 Å². The summed E-state index contributed by atoms with van der Waals surface area (Å²) < 4.78 is 13.4. The van der Waals surface area contributed by atoms with E-state index in [-0.39, 0.29) is 10.8 Å². The molecule has 220 valence electrons. The first-order valence-corrected chi connectivity index (χ1v) is 15.3. The quantitative estimate of drug-likeness (QED) is 0.195. The van der Waals surface area contributed by atoms with E-state index >= 15 is 0 Å². The summed E-state index contributed by atoms with van der Waals surface area (Å²) in [6.07, 6.45) is 6.22. The molecule has 5 nitrogen and oxygen atoms in total. The molecule has 0 aliphatic rings. The highest BCUT2D eigenvalue weighted by Gasteiger charge is 2.22. The number of imidazole rings is 1. The second kappa shape index (κ2) is 10.1. The zero-order valence-electron chi connectivity index (χ0n) is 26.6. The number of aryl methyl sites for hydroxylation is 1. The number of nitrogens with zero attached hydrogens (tertiary/aromatic N) is 4. The van der Waals surface area contributed by atoms with Gasteiger partial charge in [-0.1, -0.05) is 65.8 Å². The fraction of sp³-hybridized carbons (Fsp3) is 0.231. The van der Waals surface area contributed by atoms with Gasteiger partial charge in [0.05, 0.1) is 24.3 Å². The van der Waals surface area contributed by atoms with E-state index in [1.807, 2.05) is 6.20 Å². The Balaban J connectivity index is 1.38. The standard InChI is InChI=1S/C39H39N4O/c1-38(2,3)27-17-18-40-36(23-27)43-33-13-9-8-12-31(33)32-16-15-29(24-34(32)43)44-30-21-26(20-28(22-30)39(4,5)6)35-25-41(7)37-14-10-11-19-42(35)37/h8-25H,1-7H3/q+1. The summed E-state index contributed by atoms with van der Waals surface area (Å²) in [6.45, 7) is 13.4. The van der Waals surface area contributed by atoms with Crippen molar-refractivity contribution < 1.29 is 9.30 Å². The summed E-state index contributed by atoms with van der Waals surface area (Å²) in [5.41, 5.74) is 8.00. The van der Waals surface area contributed by atoms with Crippen LogP contribution in [-0.4, -0.2) is 14.0 Å². The average molecular weight is 580 g/mol. The second-order valence-electron chi connectivity index (χ2n) is 13.8. The van der Waals surface area contributed by atoms with Gasteiger partial charge < -0.3 is 4.74 Å². The van der Waals surface area contributed by atoms with Gasteiger partial charge in [0.1, 0.15) is 23.5 Å². The summed E-state index contributed by atoms with van der Waals surface area (Å²) in [5.74, 6) is 2.51. The maximum absolute atomic E-state index is 6.72. The van der Waals surface area contributed by atoms with Gasteiger partial charge in [-0.2, -0.15) is 4.40 Å². The van der Waals surface area contributed by atoms with Crippen LogP contribution in [0, 0.1) is 0 Å². The SMILES string of the molecule is C[n+]1cc(-c2cc(Oc3ccc4c5ccccc5n(-c5cc(C(C)(C)C)ccn5)c4c3)cc(C(C)(C)C)c2)n2ccccc21. The van der Waals surface area contributed by atoms with E-state index < -0.39 is 0 Å². The molecule has 0 spiro atoms. The largest absolute Gasteiger partial charge is 0.457 e. The molecule has 0 atom stereocenters. The maximum atomic E-state index is 6.72. The molecule has 0 saturated heterocycles. The molecular formula is C39H39N4O+. The van der Waals surface area contributed by atoms with Crippen LogP contribution in [0.3, 0.4) is 0 Å². The third kappa shape index (κ3) is 4.83. The number of rotatable bonds is 4. The van der Waals surface area contributed by atoms with Gasteiger partial charge in [0, 0.05) is 34.7 Å². The molecule has 0 amide bonds. The minimum absolute atomic E-state index is 0.0167. The molecular weight excluding hydrogens is 540 g/mol. The predicted octanol–water partition coefficient (Wildman–Crippen LogP) is 9.31. The van der Waals surface area contributed by atoms with E-state index in [9.17, 15) is 0 Å². The van der Waals surface area contributed by atoms with E-state index in [1.54, 1.807) is 0 Å². The molecule has 0 aliphatic carbocycles. The molecule has 0 unspecified atom stereocenters. The minimum atomic E-state index is -0.0521. The van der Waals surface area contributed by atoms with Gasteiger partial charge in [-0.3, -0.25) is 4.57 Å². The van der Waals surface area contributed by atoms with Crippen molar-refractivity contribution in [3.8, 4) is 28.6 Å². The van der Waals surface area contributed by atoms with Gasteiger partial charge in [0.2, 0.25) is 0 Å². The number of fused-ring (bicyclic) bond motifs is 4. The number of hydrogen-bond acceptors (Lipinski definition) is 2. The predicted molar refractivity (Wildman–Crippen MR) is 180 cm³/mol. The lowest BCUT2D eigenvalue weighted by atomic mass is 9.85. The summed E-state index contributed by atoms with van der Waals surface area (Å²) in [7, 11) is 2.09. The first-order chi connectivity index (χ1) is 21.0. The van der Waals surface area contributed by atoms with Crippen molar-refractivity contribution in [3.63, 3.8) is 0 Å². The van der Waals surface area contributed by atoms with Crippen LogP contribution in [-0.2, 0) is 17.9 Å². The Morgan fingerprint density at radius 2 is 1.43 bits per heavy atom. The molecule has 0 fully saturated rings. The highest BCUT2D eigenvalue weighted by atomic mass is 16.5. The Morgan fingerprint density at radius 1 is 0.682 bits per heavy atom. The zero-order valence-corrected chi connectivity index (χ0v) is 26.6. The molecule has 0 aliphatic heterocycles. The van der Waals surface area contributed by atoms with Crippen LogP contribution < -0.4 is 9.30 Å².